The fourth-order valence-electron chi connectivity index (χ4n) is 3.11. The molecule has 1 unspecified atom stereocenters. The number of hydrogen-bond acceptors (Lipinski definition) is 6. The van der Waals surface area contributed by atoms with Crippen LogP contribution in [0.2, 0.25) is 0 Å². The van der Waals surface area contributed by atoms with E-state index in [2.05, 4.69) is 20.4 Å². The summed E-state index contributed by atoms with van der Waals surface area (Å²) in [6.45, 7) is 2.31. The number of hydrogen-bond donors (Lipinski definition) is 2. The van der Waals surface area contributed by atoms with Gasteiger partial charge in [0.05, 0.1) is 38.1 Å². The molecule has 1 saturated heterocycles. The molecule has 9 heteroatoms. The average molecular weight is 421 g/mol. The SMILES string of the molecule is COC(=O)c1ccc(CNC(=O)N2CCNCC2c2ccc(OC)cc2)nc1.Cl. The minimum atomic E-state index is -0.439. The van der Waals surface area contributed by atoms with E-state index in [9.17, 15) is 9.59 Å². The van der Waals surface area contributed by atoms with Gasteiger partial charge in [-0.05, 0) is 29.8 Å². The molecule has 1 atom stereocenters. The topological polar surface area (TPSA) is 92.8 Å². The predicted octanol–water partition coefficient (Wildman–Crippen LogP) is 2.15. The zero-order valence-electron chi connectivity index (χ0n) is 16.4. The molecule has 2 amide bonds. The van der Waals surface area contributed by atoms with E-state index < -0.39 is 5.97 Å². The molecule has 0 bridgehead atoms. The van der Waals surface area contributed by atoms with Crippen LogP contribution in [-0.2, 0) is 11.3 Å². The summed E-state index contributed by atoms with van der Waals surface area (Å²) in [4.78, 5) is 30.2. The average Bonchev–Trinajstić information content (AvgIpc) is 2.77. The van der Waals surface area contributed by atoms with Crippen molar-refractivity contribution in [3.8, 4) is 5.75 Å². The quantitative estimate of drug-likeness (QED) is 0.720. The van der Waals surface area contributed by atoms with E-state index >= 15 is 0 Å². The first-order chi connectivity index (χ1) is 13.6. The van der Waals surface area contributed by atoms with Crippen molar-refractivity contribution in [3.63, 3.8) is 0 Å². The van der Waals surface area contributed by atoms with Crippen molar-refractivity contribution in [1.82, 2.24) is 20.5 Å². The number of nitrogens with zero attached hydrogens (tertiary/aromatic N) is 2. The van der Waals surface area contributed by atoms with Crippen molar-refractivity contribution >= 4 is 24.4 Å². The Kier molecular flexibility index (Phi) is 8.23. The van der Waals surface area contributed by atoms with Crippen LogP contribution in [0.1, 0.15) is 27.7 Å². The summed E-state index contributed by atoms with van der Waals surface area (Å²) in [6, 6.07) is 10.9. The Bertz CT molecular complexity index is 814. The number of methoxy groups -OCH3 is 2. The second kappa shape index (κ2) is 10.6. The summed E-state index contributed by atoms with van der Waals surface area (Å²) in [5.41, 5.74) is 2.08. The minimum Gasteiger partial charge on any atom is -0.497 e. The summed E-state index contributed by atoms with van der Waals surface area (Å²) in [5.74, 6) is 0.344. The maximum Gasteiger partial charge on any atom is 0.339 e. The fraction of sp³-hybridized carbons (Fsp3) is 0.350. The van der Waals surface area contributed by atoms with Crippen molar-refractivity contribution in [2.45, 2.75) is 12.6 Å². The standard InChI is InChI=1S/C20H24N4O4.ClH/c1-27-17-7-4-14(5-8-17)18-13-21-9-10-24(18)20(26)23-12-16-6-3-15(11-22-16)19(25)28-2;/h3-8,11,18,21H,9-10,12-13H2,1-2H3,(H,23,26);1H. The molecular formula is C20H25ClN4O4. The number of rotatable bonds is 5. The number of esters is 1. The Morgan fingerprint density at radius 1 is 1.21 bits per heavy atom. The molecule has 1 aromatic heterocycles. The number of benzene rings is 1. The van der Waals surface area contributed by atoms with E-state index in [1.54, 1.807) is 19.2 Å². The van der Waals surface area contributed by atoms with Gasteiger partial charge in [0.25, 0.3) is 0 Å². The van der Waals surface area contributed by atoms with E-state index in [1.807, 2.05) is 29.2 Å². The highest BCUT2D eigenvalue weighted by atomic mass is 35.5. The lowest BCUT2D eigenvalue weighted by atomic mass is 10.0. The molecule has 0 aliphatic carbocycles. The zero-order valence-corrected chi connectivity index (χ0v) is 17.2. The van der Waals surface area contributed by atoms with Gasteiger partial charge in [-0.2, -0.15) is 0 Å². The van der Waals surface area contributed by atoms with Crippen LogP contribution in [0.15, 0.2) is 42.6 Å². The van der Waals surface area contributed by atoms with Gasteiger partial charge in [-0.15, -0.1) is 12.4 Å². The molecule has 29 heavy (non-hydrogen) atoms. The highest BCUT2D eigenvalue weighted by Gasteiger charge is 2.27. The van der Waals surface area contributed by atoms with E-state index in [1.165, 1.54) is 13.3 Å². The first kappa shape index (κ1) is 22.4. The molecule has 1 aromatic carbocycles. The molecule has 156 valence electrons. The van der Waals surface area contributed by atoms with Gasteiger partial charge in [0.1, 0.15) is 5.75 Å². The van der Waals surface area contributed by atoms with Crippen molar-refractivity contribution < 1.29 is 19.1 Å². The molecule has 1 fully saturated rings. The smallest absolute Gasteiger partial charge is 0.339 e. The maximum atomic E-state index is 12.8. The van der Waals surface area contributed by atoms with Crippen LogP contribution in [0.4, 0.5) is 4.79 Å². The monoisotopic (exact) mass is 420 g/mol. The van der Waals surface area contributed by atoms with Gasteiger partial charge in [-0.3, -0.25) is 4.98 Å². The van der Waals surface area contributed by atoms with Crippen LogP contribution in [0.25, 0.3) is 0 Å². The number of nitrogens with one attached hydrogen (secondary N) is 2. The highest BCUT2D eigenvalue weighted by molar-refractivity contribution is 5.88. The van der Waals surface area contributed by atoms with Crippen LogP contribution in [-0.4, -0.2) is 55.7 Å². The summed E-state index contributed by atoms with van der Waals surface area (Å²) in [6.07, 6.45) is 1.44. The van der Waals surface area contributed by atoms with Crippen molar-refractivity contribution in [2.24, 2.45) is 0 Å². The Balaban J connectivity index is 0.00000300. The number of carbonyl (C=O) groups is 2. The molecule has 2 heterocycles. The maximum absolute atomic E-state index is 12.8. The molecule has 1 aliphatic heterocycles. The lowest BCUT2D eigenvalue weighted by Crippen LogP contribution is -2.51. The molecule has 0 radical (unpaired) electrons. The van der Waals surface area contributed by atoms with Crippen molar-refractivity contribution in [2.75, 3.05) is 33.9 Å². The van der Waals surface area contributed by atoms with Crippen LogP contribution in [0, 0.1) is 0 Å². The molecule has 3 rings (SSSR count). The van der Waals surface area contributed by atoms with Crippen molar-refractivity contribution in [3.05, 3.63) is 59.4 Å². The van der Waals surface area contributed by atoms with Crippen LogP contribution >= 0.6 is 12.4 Å². The molecule has 2 N–H and O–H groups in total. The second-order valence-electron chi connectivity index (χ2n) is 6.37. The predicted molar refractivity (Wildman–Crippen MR) is 110 cm³/mol. The van der Waals surface area contributed by atoms with E-state index in [0.29, 0.717) is 24.3 Å². The number of piperazine rings is 1. The van der Waals surface area contributed by atoms with Gasteiger partial charge >= 0.3 is 12.0 Å². The number of amides is 2. The third kappa shape index (κ3) is 5.58. The van der Waals surface area contributed by atoms with Crippen LogP contribution in [0.3, 0.4) is 0 Å². The highest BCUT2D eigenvalue weighted by Crippen LogP contribution is 2.24. The Hall–Kier alpha value is -2.84. The number of halogens is 1. The molecule has 2 aromatic rings. The molecular weight excluding hydrogens is 396 g/mol. The van der Waals surface area contributed by atoms with Gasteiger partial charge in [0.15, 0.2) is 0 Å². The van der Waals surface area contributed by atoms with Crippen LogP contribution < -0.4 is 15.4 Å². The molecule has 1 aliphatic rings. The van der Waals surface area contributed by atoms with Crippen molar-refractivity contribution in [1.29, 1.82) is 0 Å². The lowest BCUT2D eigenvalue weighted by Gasteiger charge is -2.36. The molecule has 8 nitrogen and oxygen atoms in total. The number of urea groups is 1. The normalized spacial score (nSPS) is 15.8. The largest absolute Gasteiger partial charge is 0.497 e. The summed E-state index contributed by atoms with van der Waals surface area (Å²) < 4.78 is 9.86. The molecule has 0 spiro atoms. The number of aromatic nitrogens is 1. The minimum absolute atomic E-state index is 0. The summed E-state index contributed by atoms with van der Waals surface area (Å²) in [5, 5.41) is 6.24. The summed E-state index contributed by atoms with van der Waals surface area (Å²) >= 11 is 0. The third-order valence-electron chi connectivity index (χ3n) is 4.67. The van der Waals surface area contributed by atoms with Crippen LogP contribution in [0.5, 0.6) is 5.75 Å². The van der Waals surface area contributed by atoms with Gasteiger partial charge in [0, 0.05) is 25.8 Å². The fourth-order valence-corrected chi connectivity index (χ4v) is 3.11. The number of pyridine rings is 1. The van der Waals surface area contributed by atoms with Gasteiger partial charge in [0.2, 0.25) is 0 Å². The zero-order chi connectivity index (χ0) is 19.9. The Labute approximate surface area is 176 Å². The first-order valence-electron chi connectivity index (χ1n) is 9.04. The van der Waals surface area contributed by atoms with E-state index in [0.717, 1.165) is 17.9 Å². The molecule has 0 saturated carbocycles. The first-order valence-corrected chi connectivity index (χ1v) is 9.04. The summed E-state index contributed by atoms with van der Waals surface area (Å²) in [7, 11) is 2.95. The van der Waals surface area contributed by atoms with Gasteiger partial charge in [-0.25, -0.2) is 9.59 Å². The van der Waals surface area contributed by atoms with Gasteiger partial charge < -0.3 is 25.0 Å². The Morgan fingerprint density at radius 3 is 2.59 bits per heavy atom. The van der Waals surface area contributed by atoms with E-state index in [-0.39, 0.29) is 31.0 Å². The lowest BCUT2D eigenvalue weighted by molar-refractivity contribution is 0.0600. The second-order valence-corrected chi connectivity index (χ2v) is 6.37. The van der Waals surface area contributed by atoms with Gasteiger partial charge in [-0.1, -0.05) is 12.1 Å². The third-order valence-corrected chi connectivity index (χ3v) is 4.67. The van der Waals surface area contributed by atoms with E-state index in [4.69, 9.17) is 4.74 Å². The number of carbonyl (C=O) groups excluding carboxylic acids is 2. The number of ether oxygens (including phenoxy) is 2. The Morgan fingerprint density at radius 2 is 1.97 bits per heavy atom.